The number of halogens is 30. The van der Waals surface area contributed by atoms with Crippen molar-refractivity contribution < 1.29 is 154 Å². The first-order valence-corrected chi connectivity index (χ1v) is 11.8. The molecule has 310 valence electrons. The minimum absolute atomic E-state index is 11.2. The van der Waals surface area contributed by atoms with Crippen molar-refractivity contribution in [3.8, 4) is 0 Å². The monoisotopic (exact) mass is 871 g/mol. The third-order valence-electron chi connectivity index (χ3n) is 5.96. The van der Waals surface area contributed by atoms with Gasteiger partial charge in [0.15, 0.2) is 0 Å². The first kappa shape index (κ1) is 48.9. The molecule has 0 fully saturated rings. The van der Waals surface area contributed by atoms with E-state index in [4.69, 9.17) is 0 Å². The predicted octanol–water partition coefficient (Wildman–Crippen LogP) is 9.89. The number of hydroxylamine groups is 10. The Labute approximate surface area is 252 Å². The average molecular weight is 871 g/mol. The molecule has 0 heterocycles. The van der Waals surface area contributed by atoms with E-state index < -0.39 is 92.4 Å². The molecule has 0 saturated carbocycles. The molecule has 0 rings (SSSR count). The van der Waals surface area contributed by atoms with Gasteiger partial charge in [-0.25, -0.2) is 0 Å². The summed E-state index contributed by atoms with van der Waals surface area (Å²) >= 11 is 0. The van der Waals surface area contributed by atoms with Gasteiger partial charge in [-0.15, -0.1) is 0 Å². The SMILES string of the molecule is [O-][N+](C(F)(F)F)(C(F)(F)F)P([N+]([O-])(C(F)(F)F)C(F)(F)F)([N+]([O-])(C(F)(F)F)C(F)(F)F)([N+]([O-])(C(F)(F)F)C(F)(F)F)[N+]([O-])(C(F)(F)F)C(F)(F)F. The molecule has 0 aromatic carbocycles. The third kappa shape index (κ3) is 4.62. The molecule has 0 amide bonds. The van der Waals surface area contributed by atoms with Gasteiger partial charge in [-0.05, 0) is 0 Å². The molecule has 0 radical (unpaired) electrons. The van der Waals surface area contributed by atoms with E-state index in [0.29, 0.717) is 0 Å². The molecule has 0 atom stereocenters. The van der Waals surface area contributed by atoms with Crippen LogP contribution in [0.1, 0.15) is 0 Å². The number of rotatable bonds is 5. The summed E-state index contributed by atoms with van der Waals surface area (Å²) in [5.41, 5.74) is 0. The Morgan fingerprint density at radius 2 is 0.255 bits per heavy atom. The molecule has 0 N–H and O–H groups in total. The van der Waals surface area contributed by atoms with E-state index in [1.54, 1.807) is 0 Å². The molecule has 0 aliphatic carbocycles. The van der Waals surface area contributed by atoms with Gasteiger partial charge in [-0.2, -0.15) is 0 Å². The van der Waals surface area contributed by atoms with Gasteiger partial charge in [-0.3, -0.25) is 0 Å². The van der Waals surface area contributed by atoms with E-state index in [9.17, 15) is 158 Å². The summed E-state index contributed by atoms with van der Waals surface area (Å²) in [6.45, 7) is 0. The summed E-state index contributed by atoms with van der Waals surface area (Å²) in [6, 6.07) is 0. The second kappa shape index (κ2) is 11.0. The summed E-state index contributed by atoms with van der Waals surface area (Å²) in [6.07, 6.45) is -112. The molecule has 0 spiro atoms. The fraction of sp³-hybridized carbons (Fsp3) is 1.00. The van der Waals surface area contributed by atoms with E-state index >= 15 is 0 Å². The van der Waals surface area contributed by atoms with Gasteiger partial charge in [0.05, 0.1) is 0 Å². The van der Waals surface area contributed by atoms with Crippen LogP contribution in [0.5, 0.6) is 0 Å². The third-order valence-corrected chi connectivity index (χ3v) is 13.3. The molecule has 0 saturated heterocycles. The van der Waals surface area contributed by atoms with Crippen LogP contribution >= 0.6 is 7.36 Å². The van der Waals surface area contributed by atoms with Gasteiger partial charge < -0.3 is 0 Å². The summed E-state index contributed by atoms with van der Waals surface area (Å²) in [5.74, 6) is 0. The molecule has 10 nitrogen and oxygen atoms in total. The Morgan fingerprint density at radius 1 is 0.196 bits per heavy atom. The Hall–Kier alpha value is -2.07. The van der Waals surface area contributed by atoms with Crippen molar-refractivity contribution in [1.29, 1.82) is 0 Å². The molecule has 0 aliphatic rings. The number of hydrogen-bond acceptors (Lipinski definition) is 5. The van der Waals surface area contributed by atoms with Crippen molar-refractivity contribution in [1.82, 2.24) is 0 Å². The number of hydrogen-bond donors (Lipinski definition) is 0. The van der Waals surface area contributed by atoms with Crippen LogP contribution in [0.15, 0.2) is 0 Å². The standard InChI is InChI=1S/C10F30N5O5P/c11-1(12,13)41(46,2(14,15)16)51(42(47,3(17,18)19)4(20,21)22,43(48,5(23,24)25)6(26,27)28,44(49,7(29,30)31)8(32,33)34)45(50,9(35,36)37)10(38,39)40. The van der Waals surface area contributed by atoms with E-state index in [2.05, 4.69) is 0 Å². The van der Waals surface area contributed by atoms with Crippen molar-refractivity contribution in [2.45, 2.75) is 63.0 Å². The molecule has 0 aliphatic heterocycles. The zero-order chi connectivity index (χ0) is 42.9. The van der Waals surface area contributed by atoms with Gasteiger partial charge >= 0.3 is 250 Å². The maximum absolute atomic E-state index is 18.4. The maximum atomic E-state index is 14.0. The zero-order valence-corrected chi connectivity index (χ0v) is 22.0. The number of quaternary nitrogens is 5. The molecule has 41 heteroatoms. The predicted molar refractivity (Wildman–Crippen MR) is 85.6 cm³/mol. The van der Waals surface area contributed by atoms with E-state index in [1.165, 1.54) is 0 Å². The molecular weight excluding hydrogens is 871 g/mol. The van der Waals surface area contributed by atoms with E-state index in [-0.39, 0.29) is 0 Å². The van der Waals surface area contributed by atoms with Crippen LogP contribution < -0.4 is 0 Å². The van der Waals surface area contributed by atoms with Gasteiger partial charge in [0.2, 0.25) is 0 Å². The van der Waals surface area contributed by atoms with Crippen LogP contribution in [-0.2, 0) is 0 Å². The van der Waals surface area contributed by atoms with Crippen molar-refractivity contribution >= 4 is 7.36 Å². The number of alkyl halides is 30. The Balaban J connectivity index is 12.8. The average Bonchev–Trinajstić information content (AvgIpc) is 2.76. The summed E-state index contributed by atoms with van der Waals surface area (Å²) < 4.78 is 363. The molecule has 0 bridgehead atoms. The molecular formula is C10F30N5O5P. The van der Waals surface area contributed by atoms with Crippen LogP contribution in [0.25, 0.3) is 0 Å². The van der Waals surface area contributed by atoms with E-state index in [0.717, 1.165) is 0 Å². The van der Waals surface area contributed by atoms with Gasteiger partial charge in [-0.1, -0.05) is 0 Å². The van der Waals surface area contributed by atoms with Crippen LogP contribution in [0.4, 0.5) is 132 Å². The van der Waals surface area contributed by atoms with Gasteiger partial charge in [0.1, 0.15) is 0 Å². The zero-order valence-electron chi connectivity index (χ0n) is 21.1. The fourth-order valence-electron chi connectivity index (χ4n) is 4.52. The summed E-state index contributed by atoms with van der Waals surface area (Å²) in [4.78, 5) is 0. The van der Waals surface area contributed by atoms with Crippen molar-refractivity contribution in [2.24, 2.45) is 0 Å². The minimum atomic E-state index is -18.4. The first-order valence-electron chi connectivity index (χ1n) is 9.82. The Bertz CT molecular complexity index is 997. The summed E-state index contributed by atoms with van der Waals surface area (Å²) in [7, 11) is -18.4. The molecule has 51 heavy (non-hydrogen) atoms. The molecule has 0 aromatic heterocycles. The Kier molecular flexibility index (Phi) is 10.6. The summed E-state index contributed by atoms with van der Waals surface area (Å²) in [5, 5.41) is 62.7. The Morgan fingerprint density at radius 3 is 0.294 bits per heavy atom. The number of nitrogens with zero attached hydrogens (tertiary/aromatic N) is 5. The van der Waals surface area contributed by atoms with Gasteiger partial charge in [0.25, 0.3) is 0 Å². The van der Waals surface area contributed by atoms with Crippen molar-refractivity contribution in [3.05, 3.63) is 26.0 Å². The first-order chi connectivity index (χ1) is 21.1. The van der Waals surface area contributed by atoms with Gasteiger partial charge in [0, 0.05) is 0 Å². The molecule has 0 aromatic rings. The van der Waals surface area contributed by atoms with E-state index in [1.807, 2.05) is 0 Å². The van der Waals surface area contributed by atoms with Crippen LogP contribution in [-0.4, -0.2) is 85.1 Å². The fourth-order valence-corrected chi connectivity index (χ4v) is 12.1. The van der Waals surface area contributed by atoms with Crippen LogP contribution in [0, 0.1) is 26.0 Å². The van der Waals surface area contributed by atoms with Crippen LogP contribution in [0.2, 0.25) is 0 Å². The van der Waals surface area contributed by atoms with Crippen LogP contribution in [0.3, 0.4) is 0 Å². The van der Waals surface area contributed by atoms with Crippen molar-refractivity contribution in [2.75, 3.05) is 0 Å². The second-order valence-corrected chi connectivity index (χ2v) is 13.1. The molecule has 0 unspecified atom stereocenters. The normalized spacial score (nSPS) is 18.1. The quantitative estimate of drug-likeness (QED) is 0.118. The van der Waals surface area contributed by atoms with Crippen molar-refractivity contribution in [3.63, 3.8) is 0 Å². The second-order valence-electron chi connectivity index (χ2n) is 8.45. The topological polar surface area (TPSA) is 115 Å².